The van der Waals surface area contributed by atoms with Crippen molar-refractivity contribution in [2.45, 2.75) is 149 Å². The van der Waals surface area contributed by atoms with Gasteiger partial charge in [0.15, 0.2) is 0 Å². The molecule has 0 heterocycles. The number of hydrogen-bond donors (Lipinski definition) is 4. The lowest BCUT2D eigenvalue weighted by Crippen LogP contribution is -2.57. The van der Waals surface area contributed by atoms with E-state index >= 15 is 0 Å². The molecule has 0 aliphatic carbocycles. The van der Waals surface area contributed by atoms with Crippen molar-refractivity contribution in [3.8, 4) is 0 Å². The van der Waals surface area contributed by atoms with Gasteiger partial charge < -0.3 is 20.4 Å². The zero-order valence-corrected chi connectivity index (χ0v) is 22.8. The second kappa shape index (κ2) is 20.1. The lowest BCUT2D eigenvalue weighted by molar-refractivity contribution is -0.174. The normalized spacial score (nSPS) is 16.0. The third-order valence-corrected chi connectivity index (χ3v) is 8.01. The molecular formula is C29H60O4. The summed E-state index contributed by atoms with van der Waals surface area (Å²) in [6, 6.07) is 0. The largest absolute Gasteiger partial charge is 0.395 e. The van der Waals surface area contributed by atoms with Gasteiger partial charge in [0, 0.05) is 0 Å². The van der Waals surface area contributed by atoms with Crippen LogP contribution in [0.2, 0.25) is 0 Å². The van der Waals surface area contributed by atoms with Crippen LogP contribution in [0, 0.1) is 17.3 Å². The minimum Gasteiger partial charge on any atom is -0.395 e. The summed E-state index contributed by atoms with van der Waals surface area (Å²) in [5, 5.41) is 43.1. The maximum absolute atomic E-state index is 12.2. The van der Waals surface area contributed by atoms with Crippen LogP contribution in [0.25, 0.3) is 0 Å². The second-order valence-corrected chi connectivity index (χ2v) is 10.9. The summed E-state index contributed by atoms with van der Waals surface area (Å²) >= 11 is 0. The molecule has 0 rings (SSSR count). The minimum atomic E-state index is -1.26. The molecule has 0 bridgehead atoms. The molecule has 0 fully saturated rings. The third-order valence-electron chi connectivity index (χ3n) is 8.01. The third kappa shape index (κ3) is 12.4. The SMILES string of the molecule is CCCCCCC(CCCC)CC(O)(CC(CCCC)CCCCCC)C(CO)(CO)CO. The molecule has 0 aromatic heterocycles. The monoisotopic (exact) mass is 472 g/mol. The van der Waals surface area contributed by atoms with Crippen molar-refractivity contribution in [3.05, 3.63) is 0 Å². The Bertz CT molecular complexity index is 388. The molecule has 0 aliphatic heterocycles. The number of aliphatic hydroxyl groups is 4. The first kappa shape index (κ1) is 32.8. The van der Waals surface area contributed by atoms with Gasteiger partial charge in [0.05, 0.1) is 30.8 Å². The van der Waals surface area contributed by atoms with Gasteiger partial charge in [0.1, 0.15) is 0 Å². The van der Waals surface area contributed by atoms with Gasteiger partial charge >= 0.3 is 0 Å². The Morgan fingerprint density at radius 3 is 1.12 bits per heavy atom. The Hall–Kier alpha value is -0.160. The lowest BCUT2D eigenvalue weighted by atomic mass is 9.63. The van der Waals surface area contributed by atoms with Crippen LogP contribution in [-0.2, 0) is 0 Å². The van der Waals surface area contributed by atoms with Crippen molar-refractivity contribution in [2.75, 3.05) is 19.8 Å². The Balaban J connectivity index is 5.72. The lowest BCUT2D eigenvalue weighted by Gasteiger charge is -2.48. The van der Waals surface area contributed by atoms with E-state index in [0.717, 1.165) is 51.4 Å². The molecule has 0 saturated carbocycles. The average molecular weight is 473 g/mol. The fourth-order valence-corrected chi connectivity index (χ4v) is 5.47. The van der Waals surface area contributed by atoms with Crippen LogP contribution in [0.15, 0.2) is 0 Å². The van der Waals surface area contributed by atoms with Gasteiger partial charge in [-0.05, 0) is 24.7 Å². The fourth-order valence-electron chi connectivity index (χ4n) is 5.47. The van der Waals surface area contributed by atoms with Crippen molar-refractivity contribution in [2.24, 2.45) is 17.3 Å². The summed E-state index contributed by atoms with van der Waals surface area (Å²) in [5.41, 5.74) is -2.51. The van der Waals surface area contributed by atoms with E-state index in [-0.39, 0.29) is 19.8 Å². The van der Waals surface area contributed by atoms with E-state index < -0.39 is 11.0 Å². The van der Waals surface area contributed by atoms with E-state index in [2.05, 4.69) is 27.7 Å². The first-order valence-corrected chi connectivity index (χ1v) is 14.5. The van der Waals surface area contributed by atoms with Crippen molar-refractivity contribution in [3.63, 3.8) is 0 Å². The predicted octanol–water partition coefficient (Wildman–Crippen LogP) is 7.01. The van der Waals surface area contributed by atoms with Crippen molar-refractivity contribution < 1.29 is 20.4 Å². The first-order valence-electron chi connectivity index (χ1n) is 14.5. The van der Waals surface area contributed by atoms with E-state index in [0.29, 0.717) is 24.7 Å². The van der Waals surface area contributed by atoms with Crippen LogP contribution in [0.3, 0.4) is 0 Å². The molecule has 0 radical (unpaired) electrons. The van der Waals surface area contributed by atoms with Gasteiger partial charge in [-0.1, -0.05) is 130 Å². The van der Waals surface area contributed by atoms with Crippen molar-refractivity contribution in [1.82, 2.24) is 0 Å². The van der Waals surface area contributed by atoms with E-state index in [9.17, 15) is 20.4 Å². The summed E-state index contributed by atoms with van der Waals surface area (Å²) in [5.74, 6) is 0.727. The molecule has 0 saturated heterocycles. The molecule has 0 spiro atoms. The molecule has 2 atom stereocenters. The smallest absolute Gasteiger partial charge is 0.0775 e. The molecule has 4 N–H and O–H groups in total. The standard InChI is InChI=1S/C29H60O4/c1-5-9-13-15-19-26(17-11-7-3)21-29(33,28(23-30,24-31)25-32)22-27(18-12-8-4)20-16-14-10-6-2/h26-27,30-33H,5-25H2,1-4H3. The Morgan fingerprint density at radius 1 is 0.485 bits per heavy atom. The van der Waals surface area contributed by atoms with Gasteiger partial charge in [-0.3, -0.25) is 0 Å². The van der Waals surface area contributed by atoms with Crippen LogP contribution in [0.1, 0.15) is 143 Å². The Morgan fingerprint density at radius 2 is 0.818 bits per heavy atom. The summed E-state index contributed by atoms with van der Waals surface area (Å²) in [4.78, 5) is 0. The Kier molecular flexibility index (Phi) is 20.0. The maximum atomic E-state index is 12.2. The number of hydrogen-bond acceptors (Lipinski definition) is 4. The summed E-state index contributed by atoms with van der Waals surface area (Å²) in [6.07, 6.45) is 19.7. The Labute approximate surface area is 206 Å². The number of rotatable bonds is 24. The van der Waals surface area contributed by atoms with E-state index in [1.54, 1.807) is 0 Å². The highest BCUT2D eigenvalue weighted by molar-refractivity contribution is 5.00. The van der Waals surface area contributed by atoms with Gasteiger partial charge in [0.25, 0.3) is 0 Å². The summed E-state index contributed by atoms with van der Waals surface area (Å²) in [6.45, 7) is 7.70. The van der Waals surface area contributed by atoms with E-state index in [1.165, 1.54) is 51.4 Å². The summed E-state index contributed by atoms with van der Waals surface area (Å²) < 4.78 is 0. The molecule has 0 aromatic rings. The molecule has 4 nitrogen and oxygen atoms in total. The highest BCUT2D eigenvalue weighted by atomic mass is 16.3. The van der Waals surface area contributed by atoms with Crippen molar-refractivity contribution in [1.29, 1.82) is 0 Å². The second-order valence-electron chi connectivity index (χ2n) is 10.9. The number of unbranched alkanes of at least 4 members (excludes halogenated alkanes) is 8. The predicted molar refractivity (Wildman–Crippen MR) is 141 cm³/mol. The molecule has 200 valence electrons. The molecular weight excluding hydrogens is 412 g/mol. The van der Waals surface area contributed by atoms with Crippen LogP contribution < -0.4 is 0 Å². The molecule has 4 heteroatoms. The van der Waals surface area contributed by atoms with E-state index in [1.807, 2.05) is 0 Å². The fraction of sp³-hybridized carbons (Fsp3) is 1.00. The maximum Gasteiger partial charge on any atom is 0.0775 e. The average Bonchev–Trinajstić information content (AvgIpc) is 2.82. The summed E-state index contributed by atoms with van der Waals surface area (Å²) in [7, 11) is 0. The first-order chi connectivity index (χ1) is 15.9. The zero-order valence-electron chi connectivity index (χ0n) is 22.8. The van der Waals surface area contributed by atoms with Crippen LogP contribution >= 0.6 is 0 Å². The molecule has 0 aliphatic rings. The molecule has 33 heavy (non-hydrogen) atoms. The van der Waals surface area contributed by atoms with Gasteiger partial charge in [-0.25, -0.2) is 0 Å². The van der Waals surface area contributed by atoms with E-state index in [4.69, 9.17) is 0 Å². The molecule has 0 aromatic carbocycles. The molecule has 2 unspecified atom stereocenters. The van der Waals surface area contributed by atoms with Crippen LogP contribution in [0.5, 0.6) is 0 Å². The van der Waals surface area contributed by atoms with Gasteiger partial charge in [-0.15, -0.1) is 0 Å². The zero-order chi connectivity index (χ0) is 25.0. The van der Waals surface area contributed by atoms with Gasteiger partial charge in [0.2, 0.25) is 0 Å². The highest BCUT2D eigenvalue weighted by Crippen LogP contribution is 2.44. The highest BCUT2D eigenvalue weighted by Gasteiger charge is 2.51. The van der Waals surface area contributed by atoms with Gasteiger partial charge in [-0.2, -0.15) is 0 Å². The molecule has 0 amide bonds. The minimum absolute atomic E-state index is 0.364. The van der Waals surface area contributed by atoms with Crippen LogP contribution in [0.4, 0.5) is 0 Å². The number of aliphatic hydroxyl groups excluding tert-OH is 3. The topological polar surface area (TPSA) is 80.9 Å². The quantitative estimate of drug-likeness (QED) is 0.114. The van der Waals surface area contributed by atoms with Crippen LogP contribution in [-0.4, -0.2) is 45.8 Å². The van der Waals surface area contributed by atoms with Crippen molar-refractivity contribution >= 4 is 0 Å².